The van der Waals surface area contributed by atoms with Gasteiger partial charge in [0.15, 0.2) is 0 Å². The van der Waals surface area contributed by atoms with Gasteiger partial charge in [0.1, 0.15) is 0 Å². The molecule has 0 saturated carbocycles. The van der Waals surface area contributed by atoms with Crippen molar-refractivity contribution >= 4 is 23.4 Å². The minimum atomic E-state index is -4.80. The van der Waals surface area contributed by atoms with E-state index in [1.165, 1.54) is 38.1 Å². The maximum Gasteiger partial charge on any atom is 0.383 e. The highest BCUT2D eigenvalue weighted by Gasteiger charge is 2.62. The molecule has 1 atom stereocenters. The van der Waals surface area contributed by atoms with Crippen LogP contribution in [0.1, 0.15) is 33.6 Å². The van der Waals surface area contributed by atoms with E-state index in [9.17, 15) is 17.8 Å². The molecule has 1 rings (SSSR count). The molecule has 1 aromatic rings. The van der Waals surface area contributed by atoms with Crippen LogP contribution in [0.3, 0.4) is 0 Å². The van der Waals surface area contributed by atoms with E-state index in [1.54, 1.807) is 13.0 Å². The molecule has 10 heteroatoms. The van der Waals surface area contributed by atoms with E-state index in [2.05, 4.69) is 0 Å². The van der Waals surface area contributed by atoms with Crippen molar-refractivity contribution in [3.63, 3.8) is 0 Å². The number of carbonyl (C=O) groups is 1. The van der Waals surface area contributed by atoms with E-state index in [0.29, 0.717) is 0 Å². The lowest BCUT2D eigenvalue weighted by molar-refractivity contribution is -0.143. The van der Waals surface area contributed by atoms with Gasteiger partial charge >= 0.3 is 18.3 Å². The van der Waals surface area contributed by atoms with Gasteiger partial charge in [0.2, 0.25) is 9.84 Å². The second kappa shape index (κ2) is 9.60. The highest BCUT2D eigenvalue weighted by atomic mass is 32.2. The van der Waals surface area contributed by atoms with Gasteiger partial charge in [0, 0.05) is 6.42 Å². The fraction of sp³-hybridized carbons (Fsp3) is 0.562. The summed E-state index contributed by atoms with van der Waals surface area (Å²) in [6.45, 7) is 4.03. The normalized spacial score (nSPS) is 14.6. The Hall–Kier alpha value is -1.28. The maximum absolute atomic E-state index is 16.0. The molecule has 0 aromatic heterocycles. The molecule has 26 heavy (non-hydrogen) atoms. The van der Waals surface area contributed by atoms with Crippen LogP contribution in [-0.4, -0.2) is 38.9 Å². The number of carbonyl (C=O) groups excluding carboxylic acids is 1. The van der Waals surface area contributed by atoms with Gasteiger partial charge in [0.05, 0.1) is 31.1 Å². The van der Waals surface area contributed by atoms with Gasteiger partial charge in [-0.25, -0.2) is 12.8 Å². The van der Waals surface area contributed by atoms with Gasteiger partial charge in [-0.2, -0.15) is 0 Å². The number of alkyl halides is 1. The highest BCUT2D eigenvalue weighted by Crippen LogP contribution is 2.66. The first-order valence-corrected chi connectivity index (χ1v) is 11.2. The molecule has 0 aliphatic heterocycles. The van der Waals surface area contributed by atoms with Crippen molar-refractivity contribution in [2.24, 2.45) is 0 Å². The molecule has 0 N–H and O–H groups in total. The van der Waals surface area contributed by atoms with E-state index in [0.717, 1.165) is 0 Å². The number of halogens is 1. The van der Waals surface area contributed by atoms with Crippen LogP contribution in [0.4, 0.5) is 4.39 Å². The average molecular weight is 410 g/mol. The van der Waals surface area contributed by atoms with Crippen LogP contribution in [0.2, 0.25) is 0 Å². The molecule has 0 bridgehead atoms. The first-order chi connectivity index (χ1) is 12.2. The van der Waals surface area contributed by atoms with Crippen LogP contribution in [-0.2, 0) is 33.0 Å². The van der Waals surface area contributed by atoms with Crippen LogP contribution in [0.25, 0.3) is 0 Å². The molecule has 0 amide bonds. The van der Waals surface area contributed by atoms with Gasteiger partial charge in [-0.1, -0.05) is 18.2 Å². The molecule has 7 nitrogen and oxygen atoms in total. The van der Waals surface area contributed by atoms with Crippen molar-refractivity contribution in [2.75, 3.05) is 19.8 Å². The average Bonchev–Trinajstić information content (AvgIpc) is 2.61. The predicted molar refractivity (Wildman–Crippen MR) is 94.2 cm³/mol. The van der Waals surface area contributed by atoms with E-state index >= 15 is 4.39 Å². The summed E-state index contributed by atoms with van der Waals surface area (Å²) in [5, 5.41) is 0. The SMILES string of the molecule is CCOC(=O)CC[C@](F)(P(=O)(OCC)OCC)S(=O)(=O)c1ccccc1. The Morgan fingerprint density at radius 1 is 1.08 bits per heavy atom. The number of esters is 1. The summed E-state index contributed by atoms with van der Waals surface area (Å²) in [6.07, 6.45) is -1.51. The number of hydrogen-bond donors (Lipinski definition) is 0. The second-order valence-corrected chi connectivity index (χ2v) is 9.79. The Morgan fingerprint density at radius 2 is 1.62 bits per heavy atom. The Morgan fingerprint density at radius 3 is 2.08 bits per heavy atom. The zero-order chi connectivity index (χ0) is 19.8. The van der Waals surface area contributed by atoms with Gasteiger partial charge in [-0.15, -0.1) is 0 Å². The lowest BCUT2D eigenvalue weighted by Gasteiger charge is -2.31. The summed E-state index contributed by atoms with van der Waals surface area (Å²) >= 11 is 0. The highest BCUT2D eigenvalue weighted by molar-refractivity contribution is 7.99. The van der Waals surface area contributed by atoms with Gasteiger partial charge in [-0.05, 0) is 32.9 Å². The van der Waals surface area contributed by atoms with Crippen molar-refractivity contribution in [3.8, 4) is 0 Å². The summed E-state index contributed by atoms with van der Waals surface area (Å²) in [5.41, 5.74) is 0. The van der Waals surface area contributed by atoms with Crippen molar-refractivity contribution < 1.29 is 36.0 Å². The number of hydrogen-bond acceptors (Lipinski definition) is 7. The quantitative estimate of drug-likeness (QED) is 0.405. The van der Waals surface area contributed by atoms with E-state index < -0.39 is 41.0 Å². The number of rotatable bonds is 11. The van der Waals surface area contributed by atoms with Crippen LogP contribution >= 0.6 is 7.60 Å². The fourth-order valence-electron chi connectivity index (χ4n) is 2.26. The van der Waals surface area contributed by atoms with E-state index in [-0.39, 0.29) is 24.7 Å². The first-order valence-electron chi connectivity index (χ1n) is 8.22. The van der Waals surface area contributed by atoms with E-state index in [4.69, 9.17) is 13.8 Å². The summed E-state index contributed by atoms with van der Waals surface area (Å²) in [6, 6.07) is 6.73. The minimum absolute atomic E-state index is 0.0537. The third kappa shape index (κ3) is 4.71. The molecule has 1 aromatic carbocycles. The molecular formula is C16H24FO7PS. The van der Waals surface area contributed by atoms with Gasteiger partial charge < -0.3 is 13.8 Å². The first kappa shape index (κ1) is 22.8. The molecule has 148 valence electrons. The minimum Gasteiger partial charge on any atom is -0.466 e. The van der Waals surface area contributed by atoms with Crippen LogP contribution in [0.5, 0.6) is 0 Å². The lowest BCUT2D eigenvalue weighted by atomic mass is 10.3. The molecule has 0 aliphatic rings. The van der Waals surface area contributed by atoms with Crippen LogP contribution < -0.4 is 0 Å². The summed E-state index contributed by atoms with van der Waals surface area (Å²) in [7, 11) is -9.57. The molecule has 0 radical (unpaired) electrons. The van der Waals surface area contributed by atoms with Gasteiger partial charge in [-0.3, -0.25) is 9.36 Å². The molecule has 0 spiro atoms. The smallest absolute Gasteiger partial charge is 0.383 e. The second-order valence-electron chi connectivity index (χ2n) is 5.14. The number of sulfone groups is 1. The van der Waals surface area contributed by atoms with Crippen molar-refractivity contribution in [1.82, 2.24) is 0 Å². The molecule has 0 saturated heterocycles. The van der Waals surface area contributed by atoms with E-state index in [1.807, 2.05) is 0 Å². The zero-order valence-corrected chi connectivity index (χ0v) is 16.7. The number of ether oxygens (including phenoxy) is 1. The molecule has 0 fully saturated rings. The maximum atomic E-state index is 16.0. The van der Waals surface area contributed by atoms with Crippen LogP contribution in [0, 0.1) is 0 Å². The molecule has 0 unspecified atom stereocenters. The Balaban J connectivity index is 3.45. The standard InChI is InChI=1S/C16H24FO7PS/c1-4-22-15(18)12-13-16(17,25(19,23-5-2)24-6-3)26(20,21)14-10-8-7-9-11-14/h7-11H,4-6,12-13H2,1-3H3/t16-/m0/s1. The summed E-state index contributed by atoms with van der Waals surface area (Å²) in [4.78, 5) is 11.3. The van der Waals surface area contributed by atoms with Gasteiger partial charge in [0.25, 0.3) is 0 Å². The van der Waals surface area contributed by atoms with Crippen molar-refractivity contribution in [3.05, 3.63) is 30.3 Å². The monoisotopic (exact) mass is 410 g/mol. The Labute approximate surface area is 153 Å². The molecule has 0 aliphatic carbocycles. The Bertz CT molecular complexity index is 728. The molecular weight excluding hydrogens is 386 g/mol. The van der Waals surface area contributed by atoms with Crippen molar-refractivity contribution in [2.45, 2.75) is 43.3 Å². The lowest BCUT2D eigenvalue weighted by Crippen LogP contribution is -2.36. The fourth-order valence-corrected chi connectivity index (χ4v) is 6.84. The molecule has 0 heterocycles. The Kier molecular flexibility index (Phi) is 8.40. The topological polar surface area (TPSA) is 96.0 Å². The third-order valence-electron chi connectivity index (χ3n) is 3.42. The summed E-state index contributed by atoms with van der Waals surface area (Å²) < 4.78 is 66.2. The zero-order valence-electron chi connectivity index (χ0n) is 15.0. The number of benzene rings is 1. The largest absolute Gasteiger partial charge is 0.466 e. The summed E-state index contributed by atoms with van der Waals surface area (Å²) in [5.74, 6) is -0.808. The van der Waals surface area contributed by atoms with Crippen LogP contribution in [0.15, 0.2) is 35.2 Å². The van der Waals surface area contributed by atoms with Crippen molar-refractivity contribution in [1.29, 1.82) is 0 Å². The third-order valence-corrected chi connectivity index (χ3v) is 8.97. The predicted octanol–water partition coefficient (Wildman–Crippen LogP) is 3.69.